The highest BCUT2D eigenvalue weighted by Gasteiger charge is 2.45. The topological polar surface area (TPSA) is 96.0 Å². The zero-order valence-electron chi connectivity index (χ0n) is 10.5. The van der Waals surface area contributed by atoms with E-state index in [2.05, 4.69) is 5.32 Å². The van der Waals surface area contributed by atoms with Crippen LogP contribution in [0.3, 0.4) is 0 Å². The van der Waals surface area contributed by atoms with Gasteiger partial charge in [-0.1, -0.05) is 6.07 Å². The first-order valence-electron chi connectivity index (χ1n) is 5.96. The molecule has 0 spiro atoms. The largest absolute Gasteiger partial charge is 0.319 e. The molecule has 0 bridgehead atoms. The van der Waals surface area contributed by atoms with E-state index in [-0.39, 0.29) is 11.4 Å². The minimum Gasteiger partial charge on any atom is -0.319 e. The molecule has 0 radical (unpaired) electrons. The molecule has 0 saturated heterocycles. The van der Waals surface area contributed by atoms with Gasteiger partial charge in [-0.05, 0) is 37.8 Å². The van der Waals surface area contributed by atoms with Crippen molar-refractivity contribution in [2.24, 2.45) is 5.41 Å². The fourth-order valence-electron chi connectivity index (χ4n) is 2.06. The van der Waals surface area contributed by atoms with Gasteiger partial charge in [-0.2, -0.15) is 5.26 Å². The molecular formula is C13H13N3O3. The van der Waals surface area contributed by atoms with Crippen molar-refractivity contribution in [3.8, 4) is 6.07 Å². The van der Waals surface area contributed by atoms with Gasteiger partial charge < -0.3 is 5.32 Å². The number of benzene rings is 1. The second-order valence-corrected chi connectivity index (χ2v) is 4.78. The lowest BCUT2D eigenvalue weighted by molar-refractivity contribution is -0.384. The Morgan fingerprint density at radius 1 is 1.53 bits per heavy atom. The standard InChI is InChI=1S/C13H13N3O3/c1-9-3-4-10(11(7-9)16(18)19)15-12(17)13(8-14)5-2-6-13/h3-4,7H,2,5-6H2,1H3,(H,15,17). The van der Waals surface area contributed by atoms with E-state index in [1.54, 1.807) is 13.0 Å². The van der Waals surface area contributed by atoms with Crippen LogP contribution in [0.15, 0.2) is 18.2 Å². The Bertz CT molecular complexity index is 585. The molecule has 0 heterocycles. The number of nitro groups is 1. The van der Waals surface area contributed by atoms with Gasteiger partial charge in [0.2, 0.25) is 5.91 Å². The number of carbonyl (C=O) groups excluding carboxylic acids is 1. The predicted octanol–water partition coefficient (Wildman–Crippen LogP) is 2.54. The molecule has 1 saturated carbocycles. The van der Waals surface area contributed by atoms with E-state index in [9.17, 15) is 14.9 Å². The molecule has 1 aromatic carbocycles. The van der Waals surface area contributed by atoms with E-state index < -0.39 is 16.2 Å². The van der Waals surface area contributed by atoms with Crippen LogP contribution in [0.1, 0.15) is 24.8 Å². The molecule has 0 atom stereocenters. The average Bonchev–Trinajstić information content (AvgIpc) is 2.30. The Morgan fingerprint density at radius 3 is 2.68 bits per heavy atom. The van der Waals surface area contributed by atoms with Crippen molar-refractivity contribution in [2.75, 3.05) is 5.32 Å². The summed E-state index contributed by atoms with van der Waals surface area (Å²) >= 11 is 0. The SMILES string of the molecule is Cc1ccc(NC(=O)C2(C#N)CCC2)c([N+](=O)[O-])c1. The Balaban J connectivity index is 2.27. The molecule has 6 nitrogen and oxygen atoms in total. The number of nitriles is 1. The molecule has 1 fully saturated rings. The van der Waals surface area contributed by atoms with Crippen LogP contribution < -0.4 is 5.32 Å². The molecule has 98 valence electrons. The van der Waals surface area contributed by atoms with Gasteiger partial charge >= 0.3 is 0 Å². The highest BCUT2D eigenvalue weighted by molar-refractivity contribution is 5.99. The van der Waals surface area contributed by atoms with Crippen molar-refractivity contribution >= 4 is 17.3 Å². The number of aryl methyl sites for hydroxylation is 1. The van der Waals surface area contributed by atoms with E-state index >= 15 is 0 Å². The van der Waals surface area contributed by atoms with Crippen molar-refractivity contribution in [3.05, 3.63) is 33.9 Å². The lowest BCUT2D eigenvalue weighted by Gasteiger charge is -2.33. The van der Waals surface area contributed by atoms with Gasteiger partial charge in [0, 0.05) is 6.07 Å². The molecule has 0 unspecified atom stereocenters. The lowest BCUT2D eigenvalue weighted by atomic mass is 9.69. The summed E-state index contributed by atoms with van der Waals surface area (Å²) < 4.78 is 0. The molecule has 6 heteroatoms. The van der Waals surface area contributed by atoms with Gasteiger partial charge in [-0.25, -0.2) is 0 Å². The number of nitro benzene ring substituents is 1. The smallest absolute Gasteiger partial charge is 0.293 e. The average molecular weight is 259 g/mol. The van der Waals surface area contributed by atoms with Crippen LogP contribution in [0.2, 0.25) is 0 Å². The van der Waals surface area contributed by atoms with E-state index in [0.29, 0.717) is 12.8 Å². The Hall–Kier alpha value is -2.42. The van der Waals surface area contributed by atoms with Gasteiger partial charge in [0.1, 0.15) is 11.1 Å². The maximum atomic E-state index is 12.1. The summed E-state index contributed by atoms with van der Waals surface area (Å²) in [5.41, 5.74) is -0.287. The van der Waals surface area contributed by atoms with Crippen molar-refractivity contribution in [1.29, 1.82) is 5.26 Å². The van der Waals surface area contributed by atoms with E-state index in [1.165, 1.54) is 12.1 Å². The summed E-state index contributed by atoms with van der Waals surface area (Å²) in [5, 5.41) is 22.5. The van der Waals surface area contributed by atoms with Gasteiger partial charge in [0.15, 0.2) is 0 Å². The van der Waals surface area contributed by atoms with Gasteiger partial charge in [0.25, 0.3) is 5.69 Å². The highest BCUT2D eigenvalue weighted by Crippen LogP contribution is 2.41. The maximum Gasteiger partial charge on any atom is 0.293 e. The fraction of sp³-hybridized carbons (Fsp3) is 0.385. The van der Waals surface area contributed by atoms with Crippen LogP contribution in [0.4, 0.5) is 11.4 Å². The second kappa shape index (κ2) is 4.69. The predicted molar refractivity (Wildman–Crippen MR) is 68.4 cm³/mol. The molecule has 0 aromatic heterocycles. The zero-order chi connectivity index (χ0) is 14.0. The molecule has 0 aliphatic heterocycles. The third-order valence-electron chi connectivity index (χ3n) is 3.45. The molecule has 1 aromatic rings. The van der Waals surface area contributed by atoms with Crippen molar-refractivity contribution in [3.63, 3.8) is 0 Å². The van der Waals surface area contributed by atoms with E-state index in [0.717, 1.165) is 12.0 Å². The molecular weight excluding hydrogens is 246 g/mol. The van der Waals surface area contributed by atoms with Crippen molar-refractivity contribution in [2.45, 2.75) is 26.2 Å². The first-order valence-corrected chi connectivity index (χ1v) is 5.96. The maximum absolute atomic E-state index is 12.1. The minimum absolute atomic E-state index is 0.141. The first kappa shape index (κ1) is 13.0. The van der Waals surface area contributed by atoms with Crippen LogP contribution in [0.5, 0.6) is 0 Å². The van der Waals surface area contributed by atoms with E-state index in [1.807, 2.05) is 6.07 Å². The molecule has 1 aliphatic rings. The van der Waals surface area contributed by atoms with E-state index in [4.69, 9.17) is 5.26 Å². The molecule has 19 heavy (non-hydrogen) atoms. The Labute approximate surface area is 110 Å². The zero-order valence-corrected chi connectivity index (χ0v) is 10.5. The van der Waals surface area contributed by atoms with Crippen molar-refractivity contribution < 1.29 is 9.72 Å². The highest BCUT2D eigenvalue weighted by atomic mass is 16.6. The third kappa shape index (κ3) is 2.27. The molecule has 1 aliphatic carbocycles. The Kier molecular flexibility index (Phi) is 3.21. The number of nitrogens with one attached hydrogen (secondary N) is 1. The van der Waals surface area contributed by atoms with Gasteiger partial charge in [-0.15, -0.1) is 0 Å². The molecule has 1 amide bonds. The third-order valence-corrected chi connectivity index (χ3v) is 3.45. The number of anilines is 1. The second-order valence-electron chi connectivity index (χ2n) is 4.78. The normalized spacial score (nSPS) is 16.0. The number of carbonyl (C=O) groups is 1. The quantitative estimate of drug-likeness (QED) is 0.666. The lowest BCUT2D eigenvalue weighted by Crippen LogP contribution is -2.40. The monoisotopic (exact) mass is 259 g/mol. The molecule has 2 rings (SSSR count). The Morgan fingerprint density at radius 2 is 2.21 bits per heavy atom. The summed E-state index contributed by atoms with van der Waals surface area (Å²) in [6.45, 7) is 1.74. The van der Waals surface area contributed by atoms with Crippen LogP contribution in [-0.4, -0.2) is 10.8 Å². The van der Waals surface area contributed by atoms with Crippen molar-refractivity contribution in [1.82, 2.24) is 0 Å². The fourth-order valence-corrected chi connectivity index (χ4v) is 2.06. The number of amides is 1. The van der Waals surface area contributed by atoms with Crippen LogP contribution in [-0.2, 0) is 4.79 Å². The summed E-state index contributed by atoms with van der Waals surface area (Å²) in [6.07, 6.45) is 1.85. The number of hydrogen-bond acceptors (Lipinski definition) is 4. The van der Waals surface area contributed by atoms with Gasteiger partial charge in [-0.3, -0.25) is 14.9 Å². The first-order chi connectivity index (χ1) is 8.98. The summed E-state index contributed by atoms with van der Waals surface area (Å²) in [5.74, 6) is -0.451. The van der Waals surface area contributed by atoms with Crippen LogP contribution in [0, 0.1) is 33.8 Å². The number of rotatable bonds is 3. The van der Waals surface area contributed by atoms with Crippen LogP contribution >= 0.6 is 0 Å². The molecule has 1 N–H and O–H groups in total. The number of hydrogen-bond donors (Lipinski definition) is 1. The summed E-state index contributed by atoms with van der Waals surface area (Å²) in [7, 11) is 0. The summed E-state index contributed by atoms with van der Waals surface area (Å²) in [4.78, 5) is 22.5. The number of nitrogens with zero attached hydrogens (tertiary/aromatic N) is 2. The summed E-state index contributed by atoms with van der Waals surface area (Å²) in [6, 6.07) is 6.59. The minimum atomic E-state index is -1.02. The van der Waals surface area contributed by atoms with Crippen LogP contribution in [0.25, 0.3) is 0 Å². The van der Waals surface area contributed by atoms with Gasteiger partial charge in [0.05, 0.1) is 11.0 Å².